The molecule has 0 aromatic carbocycles. The average molecular weight is 341 g/mol. The number of anilines is 2. The lowest BCUT2D eigenvalue weighted by Crippen LogP contribution is -2.54. The Morgan fingerprint density at radius 3 is 2.78 bits per heavy atom. The molecule has 8 heteroatoms. The van der Waals surface area contributed by atoms with Gasteiger partial charge in [-0.05, 0) is 32.4 Å². The Hall–Kier alpha value is -1.38. The van der Waals surface area contributed by atoms with Gasteiger partial charge < -0.3 is 14.7 Å². The summed E-state index contributed by atoms with van der Waals surface area (Å²) in [5.74, 6) is 0.963. The third kappa shape index (κ3) is 3.44. The lowest BCUT2D eigenvalue weighted by Gasteiger charge is -2.42. The van der Waals surface area contributed by atoms with Crippen LogP contribution in [0.15, 0.2) is 18.3 Å². The van der Waals surface area contributed by atoms with Crippen molar-refractivity contribution in [1.29, 1.82) is 0 Å². The van der Waals surface area contributed by atoms with Gasteiger partial charge in [0.25, 0.3) is 0 Å². The molecule has 23 heavy (non-hydrogen) atoms. The molecule has 1 aromatic rings. The first-order valence-electron chi connectivity index (χ1n) is 7.81. The zero-order chi connectivity index (χ0) is 16.7. The van der Waals surface area contributed by atoms with E-state index in [1.165, 1.54) is 4.31 Å². The number of pyridine rings is 1. The van der Waals surface area contributed by atoms with Crippen LogP contribution in [0, 0.1) is 0 Å². The number of ether oxygens (including phenoxy) is 1. The number of aliphatic hydroxyl groups is 1. The topological polar surface area (TPSA) is 83.0 Å². The third-order valence-electron chi connectivity index (χ3n) is 4.13. The van der Waals surface area contributed by atoms with Gasteiger partial charge in [0.15, 0.2) is 0 Å². The molecule has 7 nitrogen and oxygen atoms in total. The first-order valence-corrected chi connectivity index (χ1v) is 9.42. The van der Waals surface area contributed by atoms with E-state index in [4.69, 9.17) is 4.74 Å². The SMILES string of the molecule is CC1(C)CN(c2ccc(N3CCCS3(=O)=O)cn2)CC(CO)O1. The van der Waals surface area contributed by atoms with Gasteiger partial charge in [-0.2, -0.15) is 0 Å². The van der Waals surface area contributed by atoms with E-state index in [0.717, 1.165) is 5.82 Å². The number of nitrogens with zero attached hydrogens (tertiary/aromatic N) is 3. The number of hydrogen-bond acceptors (Lipinski definition) is 6. The molecule has 2 fully saturated rings. The van der Waals surface area contributed by atoms with Crippen LogP contribution in [0.4, 0.5) is 11.5 Å². The van der Waals surface area contributed by atoms with Crippen molar-refractivity contribution >= 4 is 21.5 Å². The van der Waals surface area contributed by atoms with E-state index in [2.05, 4.69) is 9.88 Å². The average Bonchev–Trinajstić information content (AvgIpc) is 2.85. The number of hydrogen-bond donors (Lipinski definition) is 1. The lowest BCUT2D eigenvalue weighted by molar-refractivity contribution is -0.101. The first-order chi connectivity index (χ1) is 10.8. The molecule has 1 aromatic heterocycles. The van der Waals surface area contributed by atoms with Crippen LogP contribution in [0.2, 0.25) is 0 Å². The van der Waals surface area contributed by atoms with Gasteiger partial charge in [0.1, 0.15) is 5.82 Å². The van der Waals surface area contributed by atoms with E-state index in [0.29, 0.717) is 31.7 Å². The summed E-state index contributed by atoms with van der Waals surface area (Å²) in [6.45, 7) is 5.66. The minimum Gasteiger partial charge on any atom is -0.394 e. The molecule has 128 valence electrons. The summed E-state index contributed by atoms with van der Waals surface area (Å²) in [6.07, 6.45) is 2.01. The standard InChI is InChI=1S/C15H23N3O4S/c1-15(2)11-17(9-13(10-19)22-15)14-5-4-12(8-16-14)18-6-3-7-23(18,20)21/h4-5,8,13,19H,3,6-7,9-11H2,1-2H3. The van der Waals surface area contributed by atoms with Crippen molar-refractivity contribution in [1.82, 2.24) is 4.98 Å². The summed E-state index contributed by atoms with van der Waals surface area (Å²) >= 11 is 0. The van der Waals surface area contributed by atoms with Crippen LogP contribution >= 0.6 is 0 Å². The fraction of sp³-hybridized carbons (Fsp3) is 0.667. The van der Waals surface area contributed by atoms with E-state index in [1.807, 2.05) is 19.9 Å². The van der Waals surface area contributed by atoms with Crippen molar-refractivity contribution in [2.24, 2.45) is 0 Å². The van der Waals surface area contributed by atoms with Gasteiger partial charge in [-0.3, -0.25) is 4.31 Å². The quantitative estimate of drug-likeness (QED) is 0.867. The minimum atomic E-state index is -3.18. The molecule has 3 heterocycles. The smallest absolute Gasteiger partial charge is 0.235 e. The summed E-state index contributed by atoms with van der Waals surface area (Å²) in [5.41, 5.74) is 0.238. The zero-order valence-corrected chi connectivity index (χ0v) is 14.3. The highest BCUT2D eigenvalue weighted by atomic mass is 32.2. The van der Waals surface area contributed by atoms with E-state index in [9.17, 15) is 13.5 Å². The number of aromatic nitrogens is 1. The summed E-state index contributed by atoms with van der Waals surface area (Å²) in [4.78, 5) is 6.49. The molecule has 1 unspecified atom stereocenters. The second-order valence-corrected chi connectivity index (χ2v) is 8.69. The normalized spacial score (nSPS) is 26.5. The Morgan fingerprint density at radius 1 is 1.43 bits per heavy atom. The lowest BCUT2D eigenvalue weighted by atomic mass is 10.1. The Morgan fingerprint density at radius 2 is 2.22 bits per heavy atom. The maximum atomic E-state index is 12.0. The molecule has 0 spiro atoms. The van der Waals surface area contributed by atoms with Gasteiger partial charge in [-0.15, -0.1) is 0 Å². The highest BCUT2D eigenvalue weighted by Gasteiger charge is 2.34. The van der Waals surface area contributed by atoms with Crippen LogP contribution in [0.25, 0.3) is 0 Å². The molecule has 2 aliphatic rings. The fourth-order valence-electron chi connectivity index (χ4n) is 3.21. The van der Waals surface area contributed by atoms with Crippen molar-refractivity contribution in [3.05, 3.63) is 18.3 Å². The largest absolute Gasteiger partial charge is 0.394 e. The van der Waals surface area contributed by atoms with Gasteiger partial charge in [0.2, 0.25) is 10.0 Å². The molecule has 0 radical (unpaired) electrons. The van der Waals surface area contributed by atoms with Crippen molar-refractivity contribution in [3.8, 4) is 0 Å². The molecule has 0 saturated carbocycles. The summed E-state index contributed by atoms with van der Waals surface area (Å²) in [7, 11) is -3.18. The maximum Gasteiger partial charge on any atom is 0.235 e. The Balaban J connectivity index is 1.79. The van der Waals surface area contributed by atoms with E-state index in [-0.39, 0.29) is 24.1 Å². The Labute approximate surface area is 136 Å². The number of rotatable bonds is 3. The monoisotopic (exact) mass is 341 g/mol. The number of aliphatic hydroxyl groups excluding tert-OH is 1. The van der Waals surface area contributed by atoms with Crippen LogP contribution in [-0.2, 0) is 14.8 Å². The van der Waals surface area contributed by atoms with E-state index < -0.39 is 10.0 Å². The van der Waals surface area contributed by atoms with Crippen molar-refractivity contribution in [2.45, 2.75) is 32.0 Å². The molecule has 1 atom stereocenters. The molecule has 2 saturated heterocycles. The zero-order valence-electron chi connectivity index (χ0n) is 13.5. The highest BCUT2D eigenvalue weighted by molar-refractivity contribution is 7.93. The second-order valence-electron chi connectivity index (χ2n) is 6.68. The molecule has 0 aliphatic carbocycles. The van der Waals surface area contributed by atoms with E-state index in [1.54, 1.807) is 12.3 Å². The van der Waals surface area contributed by atoms with Crippen LogP contribution in [0.5, 0.6) is 0 Å². The van der Waals surface area contributed by atoms with Crippen LogP contribution < -0.4 is 9.21 Å². The van der Waals surface area contributed by atoms with Crippen molar-refractivity contribution in [2.75, 3.05) is 41.2 Å². The highest BCUT2D eigenvalue weighted by Crippen LogP contribution is 2.28. The van der Waals surface area contributed by atoms with Crippen LogP contribution in [-0.4, -0.2) is 62.2 Å². The first kappa shape index (κ1) is 16.5. The van der Waals surface area contributed by atoms with E-state index >= 15 is 0 Å². The predicted octanol–water partition coefficient (Wildman–Crippen LogP) is 0.598. The predicted molar refractivity (Wildman–Crippen MR) is 88.2 cm³/mol. The summed E-state index contributed by atoms with van der Waals surface area (Å²) in [5, 5.41) is 9.39. The van der Waals surface area contributed by atoms with Gasteiger partial charge in [0, 0.05) is 19.6 Å². The fourth-order valence-corrected chi connectivity index (χ4v) is 4.76. The number of sulfonamides is 1. The molecular weight excluding hydrogens is 318 g/mol. The summed E-state index contributed by atoms with van der Waals surface area (Å²) in [6, 6.07) is 3.63. The maximum absolute atomic E-state index is 12.0. The second kappa shape index (κ2) is 5.92. The number of morpholine rings is 1. The molecule has 2 aliphatic heterocycles. The van der Waals surface area contributed by atoms with Crippen LogP contribution in [0.3, 0.4) is 0 Å². The molecular formula is C15H23N3O4S. The Bertz CT molecular complexity index is 660. The Kier molecular flexibility index (Phi) is 4.24. The van der Waals surface area contributed by atoms with Crippen molar-refractivity contribution in [3.63, 3.8) is 0 Å². The molecule has 0 bridgehead atoms. The van der Waals surface area contributed by atoms with Gasteiger partial charge in [-0.25, -0.2) is 13.4 Å². The van der Waals surface area contributed by atoms with Crippen LogP contribution in [0.1, 0.15) is 20.3 Å². The molecule has 1 N–H and O–H groups in total. The van der Waals surface area contributed by atoms with Gasteiger partial charge >= 0.3 is 0 Å². The molecule has 0 amide bonds. The molecule has 3 rings (SSSR count). The van der Waals surface area contributed by atoms with Gasteiger partial charge in [-0.1, -0.05) is 0 Å². The summed E-state index contributed by atoms with van der Waals surface area (Å²) < 4.78 is 31.1. The van der Waals surface area contributed by atoms with Crippen molar-refractivity contribution < 1.29 is 18.3 Å². The third-order valence-corrected chi connectivity index (χ3v) is 6.00. The van der Waals surface area contributed by atoms with Gasteiger partial charge in [0.05, 0.1) is 35.9 Å². The minimum absolute atomic E-state index is 0.0377.